The van der Waals surface area contributed by atoms with E-state index in [4.69, 9.17) is 5.73 Å². The average molecular weight is 294 g/mol. The summed E-state index contributed by atoms with van der Waals surface area (Å²) in [7, 11) is 1.77. The molecule has 1 aromatic carbocycles. The molecule has 1 aliphatic heterocycles. The summed E-state index contributed by atoms with van der Waals surface area (Å²) in [5.74, 6) is 0.422. The van der Waals surface area contributed by atoms with E-state index < -0.39 is 5.54 Å². The molecule has 3 rings (SSSR count). The predicted molar refractivity (Wildman–Crippen MR) is 68.9 cm³/mol. The van der Waals surface area contributed by atoms with E-state index in [1.807, 2.05) is 12.1 Å². The van der Waals surface area contributed by atoms with Gasteiger partial charge >= 0.3 is 6.03 Å². The maximum atomic E-state index is 11.7. The van der Waals surface area contributed by atoms with Crippen molar-refractivity contribution in [1.29, 1.82) is 0 Å². The largest absolute Gasteiger partial charge is 0.385 e. The van der Waals surface area contributed by atoms with Gasteiger partial charge in [-0.05, 0) is 36.1 Å². The van der Waals surface area contributed by atoms with E-state index in [0.717, 1.165) is 22.9 Å². The van der Waals surface area contributed by atoms with Gasteiger partial charge in [0.2, 0.25) is 0 Å². The summed E-state index contributed by atoms with van der Waals surface area (Å²) >= 11 is 3.46. The van der Waals surface area contributed by atoms with Crippen molar-refractivity contribution < 1.29 is 4.79 Å². The summed E-state index contributed by atoms with van der Waals surface area (Å²) < 4.78 is 1.05. The first kappa shape index (κ1) is 10.8. The number of nitrogens with two attached hydrogens (primary N) is 1. The van der Waals surface area contributed by atoms with Crippen LogP contribution in [0.4, 0.5) is 4.79 Å². The number of hydrogen-bond acceptors (Lipinski definition) is 2. The van der Waals surface area contributed by atoms with Crippen LogP contribution in [0, 0.1) is 0 Å². The molecule has 4 nitrogen and oxygen atoms in total. The SMILES string of the molecule is CN1C(=O)N=C(N)C12CCc1cc(Br)ccc12. The van der Waals surface area contributed by atoms with Crippen molar-refractivity contribution in [2.24, 2.45) is 10.7 Å². The van der Waals surface area contributed by atoms with Crippen LogP contribution in [-0.2, 0) is 12.0 Å². The van der Waals surface area contributed by atoms with Gasteiger partial charge in [0.15, 0.2) is 0 Å². The molecule has 0 saturated heterocycles. The first-order chi connectivity index (χ1) is 8.05. The van der Waals surface area contributed by atoms with Crippen molar-refractivity contribution in [3.8, 4) is 0 Å². The van der Waals surface area contributed by atoms with Crippen LogP contribution in [0.25, 0.3) is 0 Å². The first-order valence-corrected chi connectivity index (χ1v) is 6.26. The summed E-state index contributed by atoms with van der Waals surface area (Å²) in [6, 6.07) is 5.85. The minimum atomic E-state index is -0.507. The number of nitrogens with zero attached hydrogens (tertiary/aromatic N) is 2. The Bertz CT molecular complexity index is 555. The zero-order chi connectivity index (χ0) is 12.2. The number of aryl methyl sites for hydroxylation is 1. The number of amides is 2. The average Bonchev–Trinajstić information content (AvgIpc) is 2.75. The molecule has 5 heteroatoms. The maximum Gasteiger partial charge on any atom is 0.346 e. The zero-order valence-corrected chi connectivity index (χ0v) is 11.0. The second-order valence-electron chi connectivity index (χ2n) is 4.50. The van der Waals surface area contributed by atoms with Gasteiger partial charge in [-0.2, -0.15) is 4.99 Å². The molecule has 1 unspecified atom stereocenters. The smallest absolute Gasteiger partial charge is 0.346 e. The van der Waals surface area contributed by atoms with Gasteiger partial charge < -0.3 is 10.6 Å². The summed E-state index contributed by atoms with van der Waals surface area (Å²) in [6.07, 6.45) is 1.74. The van der Waals surface area contributed by atoms with Crippen molar-refractivity contribution in [1.82, 2.24) is 4.90 Å². The topological polar surface area (TPSA) is 58.7 Å². The van der Waals surface area contributed by atoms with Gasteiger partial charge in [0.1, 0.15) is 11.4 Å². The van der Waals surface area contributed by atoms with E-state index in [1.54, 1.807) is 11.9 Å². The molecule has 1 spiro atoms. The minimum absolute atomic E-state index is 0.252. The molecule has 1 aromatic rings. The molecule has 0 radical (unpaired) electrons. The number of benzene rings is 1. The van der Waals surface area contributed by atoms with Crippen LogP contribution in [0.5, 0.6) is 0 Å². The quantitative estimate of drug-likeness (QED) is 0.795. The number of carbonyl (C=O) groups is 1. The van der Waals surface area contributed by atoms with Gasteiger partial charge in [-0.15, -0.1) is 0 Å². The third-order valence-electron chi connectivity index (χ3n) is 3.77. The molecule has 1 aliphatic carbocycles. The van der Waals surface area contributed by atoms with Crippen LogP contribution in [0.3, 0.4) is 0 Å². The van der Waals surface area contributed by atoms with E-state index in [0.29, 0.717) is 5.84 Å². The molecule has 2 amide bonds. The summed E-state index contributed by atoms with van der Waals surface area (Å²) in [6.45, 7) is 0. The van der Waals surface area contributed by atoms with Crippen LogP contribution >= 0.6 is 15.9 Å². The summed E-state index contributed by atoms with van der Waals surface area (Å²) in [5.41, 5.74) is 7.82. The number of carbonyl (C=O) groups excluding carboxylic acids is 1. The van der Waals surface area contributed by atoms with Crippen molar-refractivity contribution in [2.75, 3.05) is 7.05 Å². The molecule has 0 saturated carbocycles. The van der Waals surface area contributed by atoms with Gasteiger partial charge in [0.05, 0.1) is 0 Å². The molecule has 88 valence electrons. The van der Waals surface area contributed by atoms with E-state index in [-0.39, 0.29) is 6.03 Å². The van der Waals surface area contributed by atoms with Gasteiger partial charge in [-0.3, -0.25) is 0 Å². The fourth-order valence-electron chi connectivity index (χ4n) is 2.84. The normalized spacial score (nSPS) is 26.6. The number of rotatable bonds is 0. The number of fused-ring (bicyclic) bond motifs is 2. The molecular formula is C12H12BrN3O. The molecule has 1 atom stereocenters. The van der Waals surface area contributed by atoms with Gasteiger partial charge in [0.25, 0.3) is 0 Å². The molecule has 1 heterocycles. The molecule has 0 fully saturated rings. The fraction of sp³-hybridized carbons (Fsp3) is 0.333. The monoisotopic (exact) mass is 293 g/mol. The van der Waals surface area contributed by atoms with E-state index in [2.05, 4.69) is 27.0 Å². The van der Waals surface area contributed by atoms with Crippen LogP contribution in [-0.4, -0.2) is 23.8 Å². The maximum absolute atomic E-state index is 11.7. The minimum Gasteiger partial charge on any atom is -0.385 e. The molecule has 2 aliphatic rings. The lowest BCUT2D eigenvalue weighted by atomic mass is 9.90. The Morgan fingerprint density at radius 1 is 1.53 bits per heavy atom. The number of likely N-dealkylation sites (N-methyl/N-ethyl adjacent to an activating group) is 1. The molecule has 0 aromatic heterocycles. The number of amidine groups is 1. The highest BCUT2D eigenvalue weighted by Gasteiger charge is 2.51. The molecule has 17 heavy (non-hydrogen) atoms. The number of urea groups is 1. The highest BCUT2D eigenvalue weighted by atomic mass is 79.9. The van der Waals surface area contributed by atoms with Gasteiger partial charge in [0, 0.05) is 11.5 Å². The predicted octanol–water partition coefficient (Wildman–Crippen LogP) is 2.01. The third-order valence-corrected chi connectivity index (χ3v) is 4.26. The van der Waals surface area contributed by atoms with Gasteiger partial charge in [-0.1, -0.05) is 22.0 Å². The summed E-state index contributed by atoms with van der Waals surface area (Å²) in [5, 5.41) is 0. The lowest BCUT2D eigenvalue weighted by Crippen LogP contribution is -2.48. The van der Waals surface area contributed by atoms with E-state index in [9.17, 15) is 4.79 Å². The Hall–Kier alpha value is -1.36. The second-order valence-corrected chi connectivity index (χ2v) is 5.42. The highest BCUT2D eigenvalue weighted by Crippen LogP contribution is 2.44. The number of halogens is 1. The Morgan fingerprint density at radius 2 is 2.29 bits per heavy atom. The molecular weight excluding hydrogens is 282 g/mol. The lowest BCUT2D eigenvalue weighted by Gasteiger charge is -2.32. The Labute approximate surface area is 108 Å². The lowest BCUT2D eigenvalue weighted by molar-refractivity contribution is 0.190. The van der Waals surface area contributed by atoms with E-state index in [1.165, 1.54) is 5.56 Å². The van der Waals surface area contributed by atoms with Crippen LogP contribution in [0.1, 0.15) is 17.5 Å². The van der Waals surface area contributed by atoms with Crippen molar-refractivity contribution >= 4 is 27.8 Å². The number of aliphatic imine (C=N–C) groups is 1. The Balaban J connectivity index is 2.21. The summed E-state index contributed by atoms with van der Waals surface area (Å²) in [4.78, 5) is 17.2. The number of hydrogen-bond donors (Lipinski definition) is 1. The Kier molecular flexibility index (Phi) is 2.10. The van der Waals surface area contributed by atoms with Crippen LogP contribution in [0.2, 0.25) is 0 Å². The standard InChI is InChI=1S/C12H12BrN3O/c1-16-11(17)15-10(14)12(16)5-4-7-6-8(13)2-3-9(7)12/h2-3,6H,4-5H2,1H3,(H2,14,15,17). The third kappa shape index (κ3) is 1.23. The van der Waals surface area contributed by atoms with Crippen molar-refractivity contribution in [3.63, 3.8) is 0 Å². The molecule has 2 N–H and O–H groups in total. The Morgan fingerprint density at radius 3 is 2.94 bits per heavy atom. The highest BCUT2D eigenvalue weighted by molar-refractivity contribution is 9.10. The van der Waals surface area contributed by atoms with Crippen molar-refractivity contribution in [2.45, 2.75) is 18.4 Å². The molecule has 0 bridgehead atoms. The fourth-order valence-corrected chi connectivity index (χ4v) is 3.25. The van der Waals surface area contributed by atoms with Crippen LogP contribution in [0.15, 0.2) is 27.7 Å². The second kappa shape index (κ2) is 3.32. The van der Waals surface area contributed by atoms with Gasteiger partial charge in [-0.25, -0.2) is 4.79 Å². The zero-order valence-electron chi connectivity index (χ0n) is 9.40. The van der Waals surface area contributed by atoms with Crippen LogP contribution < -0.4 is 5.73 Å². The first-order valence-electron chi connectivity index (χ1n) is 5.47. The van der Waals surface area contributed by atoms with E-state index >= 15 is 0 Å². The van der Waals surface area contributed by atoms with Crippen molar-refractivity contribution in [3.05, 3.63) is 33.8 Å².